The SMILES string of the molecule is Cc1ccc(N(CCCC(=O)Nc2ccc3c(c2)oc2ccccc23)S(C)(=O)=O)c(C)c1. The summed E-state index contributed by atoms with van der Waals surface area (Å²) in [6, 6.07) is 19.1. The van der Waals surface area contributed by atoms with E-state index in [9.17, 15) is 13.2 Å². The van der Waals surface area contributed by atoms with Crippen LogP contribution in [0, 0.1) is 13.8 Å². The van der Waals surface area contributed by atoms with Crippen molar-refractivity contribution in [1.82, 2.24) is 0 Å². The summed E-state index contributed by atoms with van der Waals surface area (Å²) in [4.78, 5) is 12.5. The summed E-state index contributed by atoms with van der Waals surface area (Å²) in [5, 5.41) is 4.91. The molecule has 1 N–H and O–H groups in total. The molecule has 0 aliphatic carbocycles. The molecule has 166 valence electrons. The predicted octanol–water partition coefficient (Wildman–Crippen LogP) is 5.39. The molecule has 0 fully saturated rings. The largest absolute Gasteiger partial charge is 0.456 e. The van der Waals surface area contributed by atoms with Crippen LogP contribution in [0.3, 0.4) is 0 Å². The Bertz CT molecular complexity index is 1410. The summed E-state index contributed by atoms with van der Waals surface area (Å²) < 4.78 is 31.9. The van der Waals surface area contributed by atoms with Crippen molar-refractivity contribution in [1.29, 1.82) is 0 Å². The van der Waals surface area contributed by atoms with Crippen LogP contribution in [0.4, 0.5) is 11.4 Å². The fourth-order valence-corrected chi connectivity index (χ4v) is 4.98. The molecule has 0 aliphatic heterocycles. The molecule has 0 unspecified atom stereocenters. The number of para-hydroxylation sites is 1. The third-order valence-electron chi connectivity index (χ3n) is 5.45. The third kappa shape index (κ3) is 4.62. The molecule has 0 saturated heterocycles. The van der Waals surface area contributed by atoms with Gasteiger partial charge in [0.15, 0.2) is 0 Å². The first-order valence-electron chi connectivity index (χ1n) is 10.5. The Labute approximate surface area is 187 Å². The highest BCUT2D eigenvalue weighted by Gasteiger charge is 2.19. The summed E-state index contributed by atoms with van der Waals surface area (Å²) >= 11 is 0. The van der Waals surface area contributed by atoms with Gasteiger partial charge in [-0.1, -0.05) is 35.9 Å². The number of carbonyl (C=O) groups is 1. The van der Waals surface area contributed by atoms with Crippen molar-refractivity contribution in [2.75, 3.05) is 22.4 Å². The van der Waals surface area contributed by atoms with Gasteiger partial charge in [-0.15, -0.1) is 0 Å². The van der Waals surface area contributed by atoms with Crippen molar-refractivity contribution in [3.63, 3.8) is 0 Å². The number of hydrogen-bond acceptors (Lipinski definition) is 4. The number of amides is 1. The highest BCUT2D eigenvalue weighted by molar-refractivity contribution is 7.92. The second kappa shape index (κ2) is 8.67. The van der Waals surface area contributed by atoms with Crippen LogP contribution in [0.15, 0.2) is 65.1 Å². The zero-order valence-corrected chi connectivity index (χ0v) is 19.2. The van der Waals surface area contributed by atoms with E-state index in [1.54, 1.807) is 0 Å². The van der Waals surface area contributed by atoms with Crippen LogP contribution in [-0.4, -0.2) is 27.1 Å². The molecule has 1 amide bonds. The normalized spacial score (nSPS) is 11.7. The van der Waals surface area contributed by atoms with Crippen LogP contribution in [0.2, 0.25) is 0 Å². The van der Waals surface area contributed by atoms with Gasteiger partial charge in [0, 0.05) is 35.5 Å². The first kappa shape index (κ1) is 21.9. The molecule has 1 aromatic heterocycles. The molecule has 3 aromatic carbocycles. The number of nitrogens with one attached hydrogen (secondary N) is 1. The van der Waals surface area contributed by atoms with E-state index in [1.807, 2.05) is 74.5 Å². The molecule has 0 atom stereocenters. The number of aryl methyl sites for hydroxylation is 2. The van der Waals surface area contributed by atoms with E-state index >= 15 is 0 Å². The van der Waals surface area contributed by atoms with Crippen LogP contribution in [-0.2, 0) is 14.8 Å². The fourth-order valence-electron chi connectivity index (χ4n) is 3.96. The van der Waals surface area contributed by atoms with Gasteiger partial charge in [-0.3, -0.25) is 9.10 Å². The number of anilines is 2. The minimum atomic E-state index is -3.46. The van der Waals surface area contributed by atoms with Gasteiger partial charge in [0.05, 0.1) is 11.9 Å². The molecule has 1 heterocycles. The lowest BCUT2D eigenvalue weighted by Crippen LogP contribution is -2.32. The van der Waals surface area contributed by atoms with Crippen LogP contribution in [0.5, 0.6) is 0 Å². The molecular weight excluding hydrogens is 424 g/mol. The molecule has 6 nitrogen and oxygen atoms in total. The Kier molecular flexibility index (Phi) is 5.93. The van der Waals surface area contributed by atoms with E-state index in [0.717, 1.165) is 27.5 Å². The number of carbonyl (C=O) groups excluding carboxylic acids is 1. The first-order valence-corrected chi connectivity index (χ1v) is 12.3. The number of sulfonamides is 1. The molecule has 4 rings (SSSR count). The maximum atomic E-state index is 12.5. The molecular formula is C25H26N2O4S. The molecule has 0 bridgehead atoms. The second-order valence-electron chi connectivity index (χ2n) is 8.09. The van der Waals surface area contributed by atoms with Gasteiger partial charge in [-0.25, -0.2) is 8.42 Å². The average molecular weight is 451 g/mol. The Morgan fingerprint density at radius 3 is 2.47 bits per heavy atom. The predicted molar refractivity (Wildman–Crippen MR) is 130 cm³/mol. The minimum absolute atomic E-state index is 0.172. The minimum Gasteiger partial charge on any atom is -0.456 e. The van der Waals surface area contributed by atoms with Crippen LogP contribution >= 0.6 is 0 Å². The van der Waals surface area contributed by atoms with Crippen LogP contribution in [0.1, 0.15) is 24.0 Å². The lowest BCUT2D eigenvalue weighted by Gasteiger charge is -2.24. The van der Waals surface area contributed by atoms with E-state index in [0.29, 0.717) is 23.4 Å². The fraction of sp³-hybridized carbons (Fsp3) is 0.240. The highest BCUT2D eigenvalue weighted by Crippen LogP contribution is 2.30. The van der Waals surface area contributed by atoms with Crippen molar-refractivity contribution < 1.29 is 17.6 Å². The number of nitrogens with zero attached hydrogens (tertiary/aromatic N) is 1. The lowest BCUT2D eigenvalue weighted by atomic mass is 10.1. The van der Waals surface area contributed by atoms with Gasteiger partial charge < -0.3 is 9.73 Å². The van der Waals surface area contributed by atoms with Gasteiger partial charge in [-0.2, -0.15) is 0 Å². The number of rotatable bonds is 7. The molecule has 32 heavy (non-hydrogen) atoms. The molecule has 7 heteroatoms. The first-order chi connectivity index (χ1) is 15.2. The average Bonchev–Trinajstić information content (AvgIpc) is 3.09. The van der Waals surface area contributed by atoms with Crippen molar-refractivity contribution in [3.05, 3.63) is 71.8 Å². The van der Waals surface area contributed by atoms with Crippen molar-refractivity contribution in [2.24, 2.45) is 0 Å². The number of fused-ring (bicyclic) bond motifs is 3. The molecule has 0 radical (unpaired) electrons. The maximum absolute atomic E-state index is 12.5. The Morgan fingerprint density at radius 1 is 0.969 bits per heavy atom. The van der Waals surface area contributed by atoms with Crippen LogP contribution < -0.4 is 9.62 Å². The van der Waals surface area contributed by atoms with E-state index in [2.05, 4.69) is 5.32 Å². The Hall–Kier alpha value is -3.32. The molecule has 0 saturated carbocycles. The highest BCUT2D eigenvalue weighted by atomic mass is 32.2. The molecule has 0 aliphatic rings. The summed E-state index contributed by atoms with van der Waals surface area (Å²) in [5.41, 5.74) is 4.77. The van der Waals surface area contributed by atoms with Crippen LogP contribution in [0.25, 0.3) is 21.9 Å². The van der Waals surface area contributed by atoms with Gasteiger partial charge >= 0.3 is 0 Å². The standard InChI is InChI=1S/C25H26N2O4S/c1-17-10-13-22(18(2)15-17)27(32(3,29)30)14-6-9-25(28)26-19-11-12-21-20-7-4-5-8-23(20)31-24(21)16-19/h4-5,7-8,10-13,15-16H,6,9,14H2,1-3H3,(H,26,28). The number of furan rings is 1. The molecule has 4 aromatic rings. The zero-order valence-electron chi connectivity index (χ0n) is 18.4. The van der Waals surface area contributed by atoms with Gasteiger partial charge in [0.25, 0.3) is 0 Å². The summed E-state index contributed by atoms with van der Waals surface area (Å²) in [5.74, 6) is -0.172. The maximum Gasteiger partial charge on any atom is 0.232 e. The Morgan fingerprint density at radius 2 is 1.72 bits per heavy atom. The molecule has 0 spiro atoms. The number of benzene rings is 3. The summed E-state index contributed by atoms with van der Waals surface area (Å²) in [7, 11) is -3.46. The Balaban J connectivity index is 1.42. The van der Waals surface area contributed by atoms with Gasteiger partial charge in [0.1, 0.15) is 11.2 Å². The topological polar surface area (TPSA) is 79.6 Å². The van der Waals surface area contributed by atoms with E-state index < -0.39 is 10.0 Å². The van der Waals surface area contributed by atoms with E-state index in [4.69, 9.17) is 4.42 Å². The quantitative estimate of drug-likeness (QED) is 0.409. The number of hydrogen-bond donors (Lipinski definition) is 1. The van der Waals surface area contributed by atoms with Crippen molar-refractivity contribution in [2.45, 2.75) is 26.7 Å². The van der Waals surface area contributed by atoms with Crippen molar-refractivity contribution in [3.8, 4) is 0 Å². The van der Waals surface area contributed by atoms with Gasteiger partial charge in [-0.05, 0) is 50.1 Å². The van der Waals surface area contributed by atoms with E-state index in [1.165, 1.54) is 10.6 Å². The van der Waals surface area contributed by atoms with E-state index in [-0.39, 0.29) is 18.9 Å². The monoisotopic (exact) mass is 450 g/mol. The van der Waals surface area contributed by atoms with Gasteiger partial charge in [0.2, 0.25) is 15.9 Å². The smallest absolute Gasteiger partial charge is 0.232 e. The second-order valence-corrected chi connectivity index (χ2v) is 9.99. The third-order valence-corrected chi connectivity index (χ3v) is 6.63. The lowest BCUT2D eigenvalue weighted by molar-refractivity contribution is -0.116. The summed E-state index contributed by atoms with van der Waals surface area (Å²) in [6.45, 7) is 4.09. The zero-order chi connectivity index (χ0) is 22.9. The summed E-state index contributed by atoms with van der Waals surface area (Å²) in [6.07, 6.45) is 1.79. The van der Waals surface area contributed by atoms with Crippen molar-refractivity contribution >= 4 is 49.2 Å².